The second-order valence-corrected chi connectivity index (χ2v) is 3.69. The molecule has 1 heterocycles. The second-order valence-electron chi connectivity index (χ2n) is 2.81. The highest BCUT2D eigenvalue weighted by molar-refractivity contribution is 7.16. The molecule has 64 valence electrons. The number of hydrogen-bond acceptors (Lipinski definition) is 1. The van der Waals surface area contributed by atoms with Crippen LogP contribution >= 0.6 is 11.3 Å². The van der Waals surface area contributed by atoms with E-state index < -0.39 is 0 Å². The Balaban J connectivity index is 0.000000720. The highest BCUT2D eigenvalue weighted by Gasteiger charge is 2.05. The van der Waals surface area contributed by atoms with E-state index in [0.29, 0.717) is 0 Å². The molecule has 3 heteroatoms. The minimum atomic E-state index is 0. The van der Waals surface area contributed by atoms with Crippen LogP contribution in [0.1, 0.15) is 5.56 Å². The molecule has 0 saturated heterocycles. The van der Waals surface area contributed by atoms with E-state index >= 15 is 0 Å². The number of aryl methyl sites for hydroxylation is 2. The van der Waals surface area contributed by atoms with E-state index in [1.54, 1.807) is 11.3 Å². The van der Waals surface area contributed by atoms with Crippen molar-refractivity contribution in [2.75, 3.05) is 0 Å². The van der Waals surface area contributed by atoms with Gasteiger partial charge in [0.25, 0.3) is 0 Å². The first-order valence-electron chi connectivity index (χ1n) is 3.61. The van der Waals surface area contributed by atoms with Gasteiger partial charge in [-0.05, 0) is 18.6 Å². The normalized spacial score (nSPS) is 9.83. The van der Waals surface area contributed by atoms with Crippen LogP contribution in [-0.2, 0) is 7.05 Å². The van der Waals surface area contributed by atoms with Gasteiger partial charge in [-0.25, -0.2) is 0 Å². The molecule has 0 fully saturated rings. The summed E-state index contributed by atoms with van der Waals surface area (Å²) in [7, 11) is 2.08. The van der Waals surface area contributed by atoms with Gasteiger partial charge in [0.15, 0.2) is 0 Å². The van der Waals surface area contributed by atoms with Gasteiger partial charge in [-0.15, -0.1) is 0 Å². The van der Waals surface area contributed by atoms with Crippen molar-refractivity contribution >= 4 is 21.6 Å². The largest absolute Gasteiger partial charge is 1.00 e. The summed E-state index contributed by atoms with van der Waals surface area (Å²) < 4.78 is 3.52. The molecule has 0 aliphatic heterocycles. The van der Waals surface area contributed by atoms with Gasteiger partial charge in [0, 0.05) is 6.07 Å². The van der Waals surface area contributed by atoms with Crippen LogP contribution < -0.4 is 21.5 Å². The molecule has 0 N–H and O–H groups in total. The van der Waals surface area contributed by atoms with Crippen molar-refractivity contribution < 1.29 is 21.5 Å². The summed E-state index contributed by atoms with van der Waals surface area (Å²) in [5, 5.41) is 0. The Morgan fingerprint density at radius 2 is 2.08 bits per heavy atom. The van der Waals surface area contributed by atoms with Crippen molar-refractivity contribution in [1.29, 1.82) is 0 Å². The van der Waals surface area contributed by atoms with Crippen molar-refractivity contribution in [3.05, 3.63) is 29.3 Å². The van der Waals surface area contributed by atoms with Gasteiger partial charge in [-0.3, -0.25) is 0 Å². The Morgan fingerprint density at radius 3 is 2.83 bits per heavy atom. The molecule has 0 aliphatic rings. The summed E-state index contributed by atoms with van der Waals surface area (Å²) >= 11 is 1.79. The minimum absolute atomic E-state index is 0. The first-order chi connectivity index (χ1) is 5.27. The summed E-state index contributed by atoms with van der Waals surface area (Å²) in [6, 6.07) is 6.54. The van der Waals surface area contributed by atoms with Gasteiger partial charge >= 0.3 is 0 Å². The molecule has 12 heavy (non-hydrogen) atoms. The lowest BCUT2D eigenvalue weighted by Crippen LogP contribution is -3.00. The Hall–Kier alpha value is -0.410. The van der Waals surface area contributed by atoms with Crippen molar-refractivity contribution in [1.82, 2.24) is 0 Å². The Kier molecular flexibility index (Phi) is 2.85. The topological polar surface area (TPSA) is 3.88 Å². The Morgan fingerprint density at radius 1 is 1.33 bits per heavy atom. The van der Waals surface area contributed by atoms with Crippen LogP contribution in [0.25, 0.3) is 10.2 Å². The van der Waals surface area contributed by atoms with E-state index in [9.17, 15) is 0 Å². The van der Waals surface area contributed by atoms with Crippen LogP contribution in [0.4, 0.5) is 0 Å². The summed E-state index contributed by atoms with van der Waals surface area (Å²) in [4.78, 5) is 0. The minimum Gasteiger partial charge on any atom is -1.00 e. The first-order valence-corrected chi connectivity index (χ1v) is 4.49. The quantitative estimate of drug-likeness (QED) is 0.525. The van der Waals surface area contributed by atoms with Crippen molar-refractivity contribution in [2.45, 2.75) is 6.92 Å². The summed E-state index contributed by atoms with van der Waals surface area (Å²) in [6.45, 7) is 2.12. The average molecular weight is 244 g/mol. The van der Waals surface area contributed by atoms with Gasteiger partial charge < -0.3 is 17.0 Å². The van der Waals surface area contributed by atoms with Crippen LogP contribution in [0.2, 0.25) is 0 Å². The zero-order valence-corrected chi connectivity index (χ0v) is 9.45. The summed E-state index contributed by atoms with van der Waals surface area (Å²) in [5.74, 6) is 0. The van der Waals surface area contributed by atoms with E-state index in [2.05, 4.69) is 42.2 Å². The Labute approximate surface area is 86.4 Å². The molecule has 0 amide bonds. The third-order valence-corrected chi connectivity index (χ3v) is 2.84. The van der Waals surface area contributed by atoms with Crippen molar-refractivity contribution in [3.8, 4) is 0 Å². The third-order valence-electron chi connectivity index (χ3n) is 1.83. The highest BCUT2D eigenvalue weighted by atomic mass is 79.9. The Bertz CT molecular complexity index is 394. The molecule has 1 aromatic carbocycles. The van der Waals surface area contributed by atoms with Crippen molar-refractivity contribution in [3.63, 3.8) is 0 Å². The maximum absolute atomic E-state index is 2.22. The number of benzene rings is 1. The van der Waals surface area contributed by atoms with Gasteiger partial charge in [-0.1, -0.05) is 17.4 Å². The van der Waals surface area contributed by atoms with E-state index in [0.717, 1.165) is 0 Å². The number of hydrogen-bond donors (Lipinski definition) is 0. The molecular weight excluding hydrogens is 234 g/mol. The molecule has 0 saturated carbocycles. The second kappa shape index (κ2) is 3.54. The van der Waals surface area contributed by atoms with Crippen LogP contribution in [0.3, 0.4) is 0 Å². The van der Waals surface area contributed by atoms with Gasteiger partial charge in [0.1, 0.15) is 11.7 Å². The predicted octanol–water partition coefficient (Wildman–Crippen LogP) is -0.962. The molecule has 0 atom stereocenters. The lowest BCUT2D eigenvalue weighted by molar-refractivity contribution is -0.640. The standard InChI is InChI=1S/C9H10NS.BrH/c1-7-3-4-8-9(5-7)11-6-10(8)2;/h3-6H,1-2H3;1H/q+1;/p-1. The molecule has 0 spiro atoms. The smallest absolute Gasteiger partial charge is 0.225 e. The maximum Gasteiger partial charge on any atom is 0.225 e. The van der Waals surface area contributed by atoms with Crippen LogP contribution in [0.5, 0.6) is 0 Å². The molecule has 2 aromatic rings. The monoisotopic (exact) mass is 243 g/mol. The fraction of sp³-hybridized carbons (Fsp3) is 0.222. The van der Waals surface area contributed by atoms with Crippen LogP contribution in [-0.4, -0.2) is 0 Å². The molecule has 2 rings (SSSR count). The van der Waals surface area contributed by atoms with E-state index in [4.69, 9.17) is 0 Å². The number of rotatable bonds is 0. The number of thiazole rings is 1. The molecule has 1 aromatic heterocycles. The number of fused-ring (bicyclic) bond motifs is 1. The zero-order valence-electron chi connectivity index (χ0n) is 7.04. The SMILES string of the molecule is Cc1ccc2c(c1)sc[n+]2C.[Br-]. The van der Waals surface area contributed by atoms with Crippen LogP contribution in [0.15, 0.2) is 23.7 Å². The lowest BCUT2D eigenvalue weighted by atomic mass is 10.2. The van der Waals surface area contributed by atoms with E-state index in [1.807, 2.05) is 0 Å². The molecular formula is C9H10BrNS. The fourth-order valence-corrected chi connectivity index (χ4v) is 2.17. The summed E-state index contributed by atoms with van der Waals surface area (Å²) in [5.41, 5.74) is 4.78. The maximum atomic E-state index is 2.22. The first kappa shape index (κ1) is 9.68. The van der Waals surface area contributed by atoms with Crippen LogP contribution in [0, 0.1) is 6.92 Å². The molecule has 1 nitrogen and oxygen atoms in total. The molecule has 0 aliphatic carbocycles. The van der Waals surface area contributed by atoms with Gasteiger partial charge in [-0.2, -0.15) is 4.57 Å². The number of aromatic nitrogens is 1. The van der Waals surface area contributed by atoms with E-state index in [1.165, 1.54) is 15.8 Å². The molecule has 0 radical (unpaired) electrons. The van der Waals surface area contributed by atoms with Gasteiger partial charge in [0.05, 0.1) is 0 Å². The third kappa shape index (κ3) is 1.52. The average Bonchev–Trinajstić information content (AvgIpc) is 2.32. The molecule has 0 bridgehead atoms. The number of nitrogens with zero attached hydrogens (tertiary/aromatic N) is 1. The number of halogens is 1. The molecule has 0 unspecified atom stereocenters. The van der Waals surface area contributed by atoms with E-state index in [-0.39, 0.29) is 17.0 Å². The highest BCUT2D eigenvalue weighted by Crippen LogP contribution is 2.16. The van der Waals surface area contributed by atoms with Gasteiger partial charge in [0.2, 0.25) is 11.0 Å². The zero-order chi connectivity index (χ0) is 7.84. The predicted molar refractivity (Wildman–Crippen MR) is 47.7 cm³/mol. The van der Waals surface area contributed by atoms with Crippen molar-refractivity contribution in [2.24, 2.45) is 7.05 Å². The summed E-state index contributed by atoms with van der Waals surface area (Å²) in [6.07, 6.45) is 0. The lowest BCUT2D eigenvalue weighted by Gasteiger charge is -1.87. The fourth-order valence-electron chi connectivity index (χ4n) is 1.20.